The lowest BCUT2D eigenvalue weighted by Crippen LogP contribution is -2.40. The van der Waals surface area contributed by atoms with E-state index in [-0.39, 0.29) is 11.8 Å². The van der Waals surface area contributed by atoms with E-state index in [1.54, 1.807) is 0 Å². The summed E-state index contributed by atoms with van der Waals surface area (Å²) in [6.07, 6.45) is 2.86. The summed E-state index contributed by atoms with van der Waals surface area (Å²) in [6.45, 7) is 10.0. The molecule has 0 radical (unpaired) electrons. The molecule has 2 rings (SSSR count). The Morgan fingerprint density at radius 2 is 2.00 bits per heavy atom. The Morgan fingerprint density at radius 1 is 1.21 bits per heavy atom. The van der Waals surface area contributed by atoms with E-state index in [0.717, 1.165) is 54.5 Å². The van der Waals surface area contributed by atoms with Crippen molar-refractivity contribution in [1.29, 1.82) is 0 Å². The van der Waals surface area contributed by atoms with Crippen LogP contribution in [0.3, 0.4) is 0 Å². The van der Waals surface area contributed by atoms with Crippen molar-refractivity contribution in [3.63, 3.8) is 0 Å². The van der Waals surface area contributed by atoms with Gasteiger partial charge in [-0.1, -0.05) is 6.92 Å². The first-order valence-electron chi connectivity index (χ1n) is 8.79. The van der Waals surface area contributed by atoms with Crippen LogP contribution in [-0.4, -0.2) is 65.9 Å². The molecule has 0 aromatic carbocycles. The topological polar surface area (TPSA) is 65.5 Å². The van der Waals surface area contributed by atoms with Crippen LogP contribution < -0.4 is 5.32 Å². The largest absolute Gasteiger partial charge is 0.355 e. The van der Waals surface area contributed by atoms with Gasteiger partial charge in [-0.2, -0.15) is 0 Å². The van der Waals surface area contributed by atoms with Crippen molar-refractivity contribution in [2.45, 2.75) is 40.0 Å². The van der Waals surface area contributed by atoms with Crippen LogP contribution in [-0.2, 0) is 11.2 Å². The van der Waals surface area contributed by atoms with Crippen molar-refractivity contribution in [1.82, 2.24) is 20.1 Å². The van der Waals surface area contributed by atoms with E-state index in [1.165, 1.54) is 11.3 Å². The van der Waals surface area contributed by atoms with E-state index in [1.807, 2.05) is 18.7 Å². The number of nitrogens with zero attached hydrogens (tertiary/aromatic N) is 3. The molecule has 134 valence electrons. The SMILES string of the molecule is CCCc1nc(C)c(C(=O)N2CCCN(CC(=O)NCC)CC2)s1. The van der Waals surface area contributed by atoms with Crippen LogP contribution in [0.1, 0.15) is 47.1 Å². The summed E-state index contributed by atoms with van der Waals surface area (Å²) in [5.41, 5.74) is 0.844. The number of aromatic nitrogens is 1. The molecule has 1 N–H and O–H groups in total. The predicted octanol–water partition coefficient (Wildman–Crippen LogP) is 1.69. The number of thiazole rings is 1. The van der Waals surface area contributed by atoms with Gasteiger partial charge in [0, 0.05) is 32.7 Å². The minimum atomic E-state index is 0.0554. The summed E-state index contributed by atoms with van der Waals surface area (Å²) in [6, 6.07) is 0. The fourth-order valence-electron chi connectivity index (χ4n) is 2.90. The Bertz CT molecular complexity index is 573. The molecule has 1 saturated heterocycles. The second-order valence-corrected chi connectivity index (χ2v) is 7.23. The number of amides is 2. The van der Waals surface area contributed by atoms with Crippen molar-refractivity contribution in [3.05, 3.63) is 15.6 Å². The maximum absolute atomic E-state index is 12.8. The van der Waals surface area contributed by atoms with Crippen LogP contribution in [0.15, 0.2) is 0 Å². The molecule has 0 atom stereocenters. The average Bonchev–Trinajstić information content (AvgIpc) is 2.76. The second-order valence-electron chi connectivity index (χ2n) is 6.15. The van der Waals surface area contributed by atoms with Gasteiger partial charge in [0.1, 0.15) is 4.88 Å². The Morgan fingerprint density at radius 3 is 2.71 bits per heavy atom. The molecule has 6 nitrogen and oxygen atoms in total. The maximum Gasteiger partial charge on any atom is 0.265 e. The molecular weight excluding hydrogens is 324 g/mol. The number of carbonyl (C=O) groups is 2. The number of hydrogen-bond acceptors (Lipinski definition) is 5. The number of nitrogens with one attached hydrogen (secondary N) is 1. The quantitative estimate of drug-likeness (QED) is 0.846. The predicted molar refractivity (Wildman–Crippen MR) is 96.5 cm³/mol. The second kappa shape index (κ2) is 9.13. The van der Waals surface area contributed by atoms with E-state index >= 15 is 0 Å². The standard InChI is InChI=1S/C17H28N4O2S/c1-4-7-15-19-13(3)16(24-15)17(23)21-9-6-8-20(10-11-21)12-14(22)18-5-2/h4-12H2,1-3H3,(H,18,22). The number of carbonyl (C=O) groups excluding carboxylic acids is 2. The first-order valence-corrected chi connectivity index (χ1v) is 9.61. The molecule has 0 bridgehead atoms. The maximum atomic E-state index is 12.8. The van der Waals surface area contributed by atoms with Crippen LogP contribution in [0.2, 0.25) is 0 Å². The van der Waals surface area contributed by atoms with Gasteiger partial charge in [-0.25, -0.2) is 4.98 Å². The van der Waals surface area contributed by atoms with Crippen LogP contribution in [0, 0.1) is 6.92 Å². The van der Waals surface area contributed by atoms with Gasteiger partial charge in [0.05, 0.1) is 17.2 Å². The van der Waals surface area contributed by atoms with Crippen molar-refractivity contribution < 1.29 is 9.59 Å². The lowest BCUT2D eigenvalue weighted by atomic mass is 10.3. The van der Waals surface area contributed by atoms with E-state index in [9.17, 15) is 9.59 Å². The van der Waals surface area contributed by atoms with Gasteiger partial charge in [-0.15, -0.1) is 11.3 Å². The third-order valence-corrected chi connectivity index (χ3v) is 5.32. The van der Waals surface area contributed by atoms with Crippen LogP contribution in [0.25, 0.3) is 0 Å². The summed E-state index contributed by atoms with van der Waals surface area (Å²) in [5.74, 6) is 0.145. The number of rotatable bonds is 6. The average molecular weight is 353 g/mol. The Balaban J connectivity index is 1.95. The molecule has 1 aliphatic rings. The van der Waals surface area contributed by atoms with Gasteiger partial charge in [-0.3, -0.25) is 14.5 Å². The first kappa shape index (κ1) is 18.9. The first-order chi connectivity index (χ1) is 11.5. The minimum absolute atomic E-state index is 0.0554. The smallest absolute Gasteiger partial charge is 0.265 e. The molecule has 0 unspecified atom stereocenters. The molecule has 1 fully saturated rings. The van der Waals surface area contributed by atoms with Gasteiger partial charge in [0.25, 0.3) is 5.91 Å². The van der Waals surface area contributed by atoms with Gasteiger partial charge in [0.2, 0.25) is 5.91 Å². The lowest BCUT2D eigenvalue weighted by Gasteiger charge is -2.21. The van der Waals surface area contributed by atoms with Crippen molar-refractivity contribution in [2.75, 3.05) is 39.3 Å². The number of aryl methyl sites for hydroxylation is 2. The van der Waals surface area contributed by atoms with Gasteiger partial charge in [0.15, 0.2) is 0 Å². The van der Waals surface area contributed by atoms with Crippen molar-refractivity contribution in [2.24, 2.45) is 0 Å². The van der Waals surface area contributed by atoms with E-state index < -0.39 is 0 Å². The fraction of sp³-hybridized carbons (Fsp3) is 0.706. The van der Waals surface area contributed by atoms with Crippen LogP contribution >= 0.6 is 11.3 Å². The minimum Gasteiger partial charge on any atom is -0.355 e. The lowest BCUT2D eigenvalue weighted by molar-refractivity contribution is -0.122. The van der Waals surface area contributed by atoms with Crippen molar-refractivity contribution >= 4 is 23.2 Å². The molecule has 1 aliphatic heterocycles. The van der Waals surface area contributed by atoms with Gasteiger partial charge < -0.3 is 10.2 Å². The molecule has 1 aromatic heterocycles. The van der Waals surface area contributed by atoms with E-state index in [4.69, 9.17) is 0 Å². The summed E-state index contributed by atoms with van der Waals surface area (Å²) >= 11 is 1.53. The highest BCUT2D eigenvalue weighted by atomic mass is 32.1. The molecule has 2 amide bonds. The van der Waals surface area contributed by atoms with Gasteiger partial charge in [-0.05, 0) is 33.1 Å². The molecule has 1 aromatic rings. The fourth-order valence-corrected chi connectivity index (χ4v) is 4.04. The third kappa shape index (κ3) is 5.01. The molecular formula is C17H28N4O2S. The van der Waals surface area contributed by atoms with Gasteiger partial charge >= 0.3 is 0 Å². The number of likely N-dealkylation sites (N-methyl/N-ethyl adjacent to an activating group) is 1. The highest BCUT2D eigenvalue weighted by Gasteiger charge is 2.24. The third-order valence-electron chi connectivity index (χ3n) is 4.12. The normalized spacial score (nSPS) is 16.0. The van der Waals surface area contributed by atoms with Crippen LogP contribution in [0.5, 0.6) is 0 Å². The summed E-state index contributed by atoms with van der Waals surface area (Å²) in [4.78, 5) is 33.9. The molecule has 2 heterocycles. The Hall–Kier alpha value is -1.47. The molecule has 7 heteroatoms. The van der Waals surface area contributed by atoms with E-state index in [0.29, 0.717) is 19.6 Å². The summed E-state index contributed by atoms with van der Waals surface area (Å²) in [5, 5.41) is 3.87. The summed E-state index contributed by atoms with van der Waals surface area (Å²) in [7, 11) is 0. The summed E-state index contributed by atoms with van der Waals surface area (Å²) < 4.78 is 0. The molecule has 0 spiro atoms. The highest BCUT2D eigenvalue weighted by molar-refractivity contribution is 7.13. The molecule has 0 aliphatic carbocycles. The molecule has 0 saturated carbocycles. The molecule has 24 heavy (non-hydrogen) atoms. The Labute approximate surface area is 148 Å². The van der Waals surface area contributed by atoms with E-state index in [2.05, 4.69) is 22.1 Å². The Kier molecular flexibility index (Phi) is 7.17. The van der Waals surface area contributed by atoms with Crippen LogP contribution in [0.4, 0.5) is 0 Å². The monoisotopic (exact) mass is 352 g/mol. The zero-order valence-electron chi connectivity index (χ0n) is 14.9. The zero-order chi connectivity index (χ0) is 17.5. The highest BCUT2D eigenvalue weighted by Crippen LogP contribution is 2.22. The number of hydrogen-bond donors (Lipinski definition) is 1. The van der Waals surface area contributed by atoms with Crippen molar-refractivity contribution in [3.8, 4) is 0 Å². The zero-order valence-corrected chi connectivity index (χ0v) is 15.7.